The Morgan fingerprint density at radius 3 is 1.94 bits per heavy atom. The van der Waals surface area contributed by atoms with Gasteiger partial charge in [-0.05, 0) is 36.1 Å². The zero-order valence-electron chi connectivity index (χ0n) is 18.6. The van der Waals surface area contributed by atoms with Crippen molar-refractivity contribution in [1.82, 2.24) is 0 Å². The van der Waals surface area contributed by atoms with E-state index >= 15 is 0 Å². The SMILES string of the molecule is COC(C(=O)O[C@@H]1CC[C@@H](Oc2ccc(-c3ccccc3)cc2)C1)(c1ccccc1)C(F)(F)F. The molecule has 0 aliphatic heterocycles. The Kier molecular flexibility index (Phi) is 6.93. The van der Waals surface area contributed by atoms with Crippen molar-refractivity contribution in [3.63, 3.8) is 0 Å². The van der Waals surface area contributed by atoms with Crippen LogP contribution in [0.5, 0.6) is 5.75 Å². The van der Waals surface area contributed by atoms with E-state index in [1.807, 2.05) is 54.6 Å². The molecule has 1 saturated carbocycles. The molecule has 1 fully saturated rings. The van der Waals surface area contributed by atoms with E-state index in [0.29, 0.717) is 25.0 Å². The number of methoxy groups -OCH3 is 1. The molecule has 34 heavy (non-hydrogen) atoms. The molecular weight excluding hydrogens is 445 g/mol. The van der Waals surface area contributed by atoms with Crippen molar-refractivity contribution in [2.45, 2.75) is 43.2 Å². The Labute approximate surface area is 196 Å². The zero-order chi connectivity index (χ0) is 24.2. The van der Waals surface area contributed by atoms with Crippen molar-refractivity contribution < 1.29 is 32.2 Å². The van der Waals surface area contributed by atoms with E-state index in [0.717, 1.165) is 18.2 Å². The molecule has 0 saturated heterocycles. The van der Waals surface area contributed by atoms with Gasteiger partial charge in [-0.2, -0.15) is 13.2 Å². The van der Waals surface area contributed by atoms with Crippen LogP contribution in [0.25, 0.3) is 11.1 Å². The first-order valence-electron chi connectivity index (χ1n) is 11.0. The minimum absolute atomic E-state index is 0.264. The lowest BCUT2D eigenvalue weighted by Crippen LogP contribution is -2.52. The number of benzene rings is 3. The topological polar surface area (TPSA) is 44.8 Å². The van der Waals surface area contributed by atoms with Crippen LogP contribution in [0.15, 0.2) is 84.9 Å². The van der Waals surface area contributed by atoms with Gasteiger partial charge in [0.1, 0.15) is 18.0 Å². The summed E-state index contributed by atoms with van der Waals surface area (Å²) in [6.45, 7) is 0. The fourth-order valence-electron chi connectivity index (χ4n) is 4.29. The highest BCUT2D eigenvalue weighted by Crippen LogP contribution is 2.44. The number of hydrogen-bond donors (Lipinski definition) is 0. The van der Waals surface area contributed by atoms with Gasteiger partial charge in [-0.1, -0.05) is 72.8 Å². The van der Waals surface area contributed by atoms with Crippen molar-refractivity contribution in [3.8, 4) is 16.9 Å². The number of hydrogen-bond acceptors (Lipinski definition) is 4. The summed E-state index contributed by atoms with van der Waals surface area (Å²) < 4.78 is 58.3. The first kappa shape index (κ1) is 23.8. The van der Waals surface area contributed by atoms with Crippen LogP contribution in [0.2, 0.25) is 0 Å². The molecule has 0 radical (unpaired) electrons. The van der Waals surface area contributed by atoms with Gasteiger partial charge in [0.2, 0.25) is 0 Å². The Bertz CT molecular complexity index is 1080. The fourth-order valence-corrected chi connectivity index (χ4v) is 4.29. The number of halogens is 3. The maximum absolute atomic E-state index is 14.1. The van der Waals surface area contributed by atoms with Gasteiger partial charge in [-0.25, -0.2) is 4.79 Å². The van der Waals surface area contributed by atoms with Crippen LogP contribution in [0.4, 0.5) is 13.2 Å². The van der Waals surface area contributed by atoms with Crippen LogP contribution in [0.1, 0.15) is 24.8 Å². The minimum Gasteiger partial charge on any atom is -0.490 e. The summed E-state index contributed by atoms with van der Waals surface area (Å²) in [5.74, 6) is -0.811. The fraction of sp³-hybridized carbons (Fsp3) is 0.296. The molecule has 3 atom stereocenters. The number of alkyl halides is 3. The lowest BCUT2D eigenvalue weighted by atomic mass is 9.92. The largest absolute Gasteiger partial charge is 0.490 e. The molecule has 3 aromatic rings. The molecule has 0 amide bonds. The molecule has 4 nitrogen and oxygen atoms in total. The molecule has 4 rings (SSSR count). The van der Waals surface area contributed by atoms with Gasteiger partial charge in [0.15, 0.2) is 0 Å². The quantitative estimate of drug-likeness (QED) is 0.380. The average molecular weight is 470 g/mol. The van der Waals surface area contributed by atoms with Gasteiger partial charge in [0.05, 0.1) is 0 Å². The molecule has 0 spiro atoms. The van der Waals surface area contributed by atoms with Crippen LogP contribution in [0, 0.1) is 0 Å². The van der Waals surface area contributed by atoms with E-state index in [2.05, 4.69) is 0 Å². The van der Waals surface area contributed by atoms with Crippen LogP contribution >= 0.6 is 0 Å². The Hall–Kier alpha value is -3.32. The lowest BCUT2D eigenvalue weighted by Gasteiger charge is -2.33. The van der Waals surface area contributed by atoms with Crippen LogP contribution in [-0.2, 0) is 19.9 Å². The summed E-state index contributed by atoms with van der Waals surface area (Å²) in [5.41, 5.74) is -1.36. The second kappa shape index (κ2) is 9.89. The van der Waals surface area contributed by atoms with E-state index < -0.39 is 23.9 Å². The molecular formula is C27H25F3O4. The first-order valence-corrected chi connectivity index (χ1v) is 11.0. The molecule has 1 unspecified atom stereocenters. The van der Waals surface area contributed by atoms with Gasteiger partial charge < -0.3 is 14.2 Å². The molecule has 3 aromatic carbocycles. The molecule has 0 heterocycles. The molecule has 0 bridgehead atoms. The van der Waals surface area contributed by atoms with Crippen LogP contribution < -0.4 is 4.74 Å². The number of ether oxygens (including phenoxy) is 3. The summed E-state index contributed by atoms with van der Waals surface area (Å²) >= 11 is 0. The zero-order valence-corrected chi connectivity index (χ0v) is 18.6. The highest BCUT2D eigenvalue weighted by Gasteiger charge is 2.64. The van der Waals surface area contributed by atoms with Crippen LogP contribution in [-0.4, -0.2) is 31.5 Å². The van der Waals surface area contributed by atoms with Gasteiger partial charge in [-0.15, -0.1) is 0 Å². The molecule has 1 aliphatic carbocycles. The predicted molar refractivity (Wildman–Crippen MR) is 121 cm³/mol. The highest BCUT2D eigenvalue weighted by atomic mass is 19.4. The normalized spacial score (nSPS) is 19.9. The Morgan fingerprint density at radius 1 is 0.794 bits per heavy atom. The van der Waals surface area contributed by atoms with Gasteiger partial charge >= 0.3 is 12.1 Å². The summed E-state index contributed by atoms with van der Waals surface area (Å²) in [6.07, 6.45) is -4.67. The minimum atomic E-state index is -4.99. The number of carbonyl (C=O) groups excluding carboxylic acids is 1. The van der Waals surface area contributed by atoms with Crippen molar-refractivity contribution in [3.05, 3.63) is 90.5 Å². The molecule has 1 aliphatic rings. The summed E-state index contributed by atoms with van der Waals surface area (Å²) in [6, 6.07) is 24.4. The van der Waals surface area contributed by atoms with Crippen molar-refractivity contribution in [2.75, 3.05) is 7.11 Å². The number of esters is 1. The number of carbonyl (C=O) groups is 1. The predicted octanol–water partition coefficient (Wildman–Crippen LogP) is 6.30. The summed E-state index contributed by atoms with van der Waals surface area (Å²) in [7, 11) is 0.863. The van der Waals surface area contributed by atoms with Crippen molar-refractivity contribution >= 4 is 5.97 Å². The highest BCUT2D eigenvalue weighted by molar-refractivity contribution is 5.83. The van der Waals surface area contributed by atoms with E-state index in [-0.39, 0.29) is 11.7 Å². The van der Waals surface area contributed by atoms with E-state index in [4.69, 9.17) is 14.2 Å². The van der Waals surface area contributed by atoms with Gasteiger partial charge in [-0.3, -0.25) is 0 Å². The van der Waals surface area contributed by atoms with Crippen LogP contribution in [0.3, 0.4) is 0 Å². The third-order valence-corrected chi connectivity index (χ3v) is 6.05. The monoisotopic (exact) mass is 470 g/mol. The second-order valence-corrected chi connectivity index (χ2v) is 8.22. The third-order valence-electron chi connectivity index (χ3n) is 6.05. The average Bonchev–Trinajstić information content (AvgIpc) is 3.27. The first-order chi connectivity index (χ1) is 16.3. The van der Waals surface area contributed by atoms with E-state index in [1.165, 1.54) is 24.3 Å². The molecule has 7 heteroatoms. The standard InChI is InChI=1S/C27H25F3O4/c1-32-26(27(28,29)30,21-10-6-3-7-11-21)25(31)34-24-17-16-23(18-24)33-22-14-12-20(13-15-22)19-8-4-2-5-9-19/h2-15,23-24H,16-18H2,1H3/t23-,24-,26?/m1/s1. The van der Waals surface area contributed by atoms with E-state index in [1.54, 1.807) is 6.07 Å². The van der Waals surface area contributed by atoms with Crippen molar-refractivity contribution in [1.29, 1.82) is 0 Å². The summed E-state index contributed by atoms with van der Waals surface area (Å²) in [4.78, 5) is 12.8. The maximum Gasteiger partial charge on any atom is 0.432 e. The number of rotatable bonds is 7. The Morgan fingerprint density at radius 2 is 1.35 bits per heavy atom. The summed E-state index contributed by atoms with van der Waals surface area (Å²) in [5, 5.41) is 0. The third kappa shape index (κ3) is 4.80. The Balaban J connectivity index is 1.41. The smallest absolute Gasteiger partial charge is 0.432 e. The van der Waals surface area contributed by atoms with Gasteiger partial charge in [0.25, 0.3) is 5.60 Å². The molecule has 0 N–H and O–H groups in total. The van der Waals surface area contributed by atoms with Gasteiger partial charge in [0, 0.05) is 19.1 Å². The molecule has 178 valence electrons. The molecule has 0 aromatic heterocycles. The van der Waals surface area contributed by atoms with E-state index in [9.17, 15) is 18.0 Å². The van der Waals surface area contributed by atoms with Crippen molar-refractivity contribution in [2.24, 2.45) is 0 Å². The lowest BCUT2D eigenvalue weighted by molar-refractivity contribution is -0.278. The second-order valence-electron chi connectivity index (χ2n) is 8.22. The maximum atomic E-state index is 14.1.